The highest BCUT2D eigenvalue weighted by atomic mass is 79.9. The lowest BCUT2D eigenvalue weighted by molar-refractivity contribution is 0.558. The molecule has 2 aromatic carbocycles. The molecule has 0 spiro atoms. The number of aryl methyl sites for hydroxylation is 2. The minimum atomic E-state index is 0.259. The van der Waals surface area contributed by atoms with Crippen LogP contribution in [0.2, 0.25) is 0 Å². The van der Waals surface area contributed by atoms with Crippen molar-refractivity contribution in [2.75, 3.05) is 6.54 Å². The predicted molar refractivity (Wildman–Crippen MR) is 95.5 cm³/mol. The number of halogens is 1. The Hall–Kier alpha value is -1.58. The van der Waals surface area contributed by atoms with E-state index in [9.17, 15) is 0 Å². The summed E-state index contributed by atoms with van der Waals surface area (Å²) in [5, 5.41) is 5.04. The van der Waals surface area contributed by atoms with Gasteiger partial charge in [-0.3, -0.25) is 0 Å². The Morgan fingerprint density at radius 3 is 2.82 bits per heavy atom. The number of hydrogen-bond donors (Lipinski definition) is 2. The van der Waals surface area contributed by atoms with E-state index in [1.54, 1.807) is 0 Å². The van der Waals surface area contributed by atoms with Gasteiger partial charge in [0.2, 0.25) is 0 Å². The van der Waals surface area contributed by atoms with Crippen LogP contribution in [0.25, 0.3) is 10.9 Å². The predicted octanol–water partition coefficient (Wildman–Crippen LogP) is 4.78. The number of aromatic nitrogens is 1. The third-order valence-corrected chi connectivity index (χ3v) is 5.15. The highest BCUT2D eigenvalue weighted by Crippen LogP contribution is 2.35. The van der Waals surface area contributed by atoms with E-state index in [1.165, 1.54) is 38.9 Å². The van der Waals surface area contributed by atoms with Gasteiger partial charge in [-0.2, -0.15) is 0 Å². The van der Waals surface area contributed by atoms with Crippen LogP contribution in [0.15, 0.2) is 40.9 Å². The highest BCUT2D eigenvalue weighted by Gasteiger charge is 2.26. The van der Waals surface area contributed by atoms with Gasteiger partial charge in [0.25, 0.3) is 0 Å². The summed E-state index contributed by atoms with van der Waals surface area (Å²) in [5.74, 6) is 0. The van der Waals surface area contributed by atoms with Crippen LogP contribution in [0.1, 0.15) is 34.0 Å². The molecule has 2 heterocycles. The number of H-pyrrole nitrogens is 1. The zero-order valence-corrected chi connectivity index (χ0v) is 14.4. The molecule has 0 bridgehead atoms. The fourth-order valence-electron chi connectivity index (χ4n) is 3.54. The molecule has 22 heavy (non-hydrogen) atoms. The van der Waals surface area contributed by atoms with Crippen LogP contribution in [0.5, 0.6) is 0 Å². The van der Waals surface area contributed by atoms with Gasteiger partial charge in [0.15, 0.2) is 0 Å². The molecule has 3 aromatic rings. The minimum Gasteiger partial charge on any atom is -0.357 e. The number of nitrogens with one attached hydrogen (secondary N) is 2. The largest absolute Gasteiger partial charge is 0.357 e. The Morgan fingerprint density at radius 2 is 1.95 bits per heavy atom. The number of rotatable bonds is 1. The maximum absolute atomic E-state index is 3.69. The lowest BCUT2D eigenvalue weighted by Crippen LogP contribution is -2.31. The van der Waals surface area contributed by atoms with Gasteiger partial charge >= 0.3 is 0 Å². The lowest BCUT2D eigenvalue weighted by atomic mass is 9.91. The van der Waals surface area contributed by atoms with Crippen LogP contribution in [0, 0.1) is 13.8 Å². The summed E-state index contributed by atoms with van der Waals surface area (Å²) in [5.41, 5.74) is 8.05. The van der Waals surface area contributed by atoms with E-state index in [4.69, 9.17) is 0 Å². The summed E-state index contributed by atoms with van der Waals surface area (Å²) in [6.07, 6.45) is 1.08. The Morgan fingerprint density at radius 1 is 1.09 bits per heavy atom. The van der Waals surface area contributed by atoms with Crippen LogP contribution in [-0.2, 0) is 6.42 Å². The summed E-state index contributed by atoms with van der Waals surface area (Å²) >= 11 is 3.60. The standard InChI is InChI=1S/C19H19BrN2/c1-11-3-4-12(2)15(9-11)18-19-14(7-8-21-18)16-10-13(20)5-6-17(16)22-19/h3-6,9-10,18,21-22H,7-8H2,1-2H3. The van der Waals surface area contributed by atoms with Gasteiger partial charge in [0.1, 0.15) is 0 Å². The van der Waals surface area contributed by atoms with Crippen molar-refractivity contribution in [3.63, 3.8) is 0 Å². The summed E-state index contributed by atoms with van der Waals surface area (Å²) < 4.78 is 1.14. The zero-order valence-electron chi connectivity index (χ0n) is 12.8. The molecule has 0 aliphatic carbocycles. The van der Waals surface area contributed by atoms with E-state index in [0.717, 1.165) is 17.4 Å². The van der Waals surface area contributed by atoms with Gasteiger partial charge in [-0.25, -0.2) is 0 Å². The molecule has 1 aliphatic rings. The van der Waals surface area contributed by atoms with Gasteiger partial charge in [0.05, 0.1) is 6.04 Å². The van der Waals surface area contributed by atoms with Crippen molar-refractivity contribution in [2.45, 2.75) is 26.3 Å². The summed E-state index contributed by atoms with van der Waals surface area (Å²) in [4.78, 5) is 3.66. The van der Waals surface area contributed by atoms with Crippen LogP contribution in [0.4, 0.5) is 0 Å². The van der Waals surface area contributed by atoms with Crippen molar-refractivity contribution in [3.8, 4) is 0 Å². The first-order valence-corrected chi connectivity index (χ1v) is 8.53. The van der Waals surface area contributed by atoms with Gasteiger partial charge < -0.3 is 10.3 Å². The summed E-state index contributed by atoms with van der Waals surface area (Å²) in [7, 11) is 0. The molecule has 0 fully saturated rings. The maximum Gasteiger partial charge on any atom is 0.0735 e. The molecule has 0 radical (unpaired) electrons. The Bertz CT molecular complexity index is 863. The van der Waals surface area contributed by atoms with E-state index in [-0.39, 0.29) is 6.04 Å². The van der Waals surface area contributed by atoms with Crippen molar-refractivity contribution in [2.24, 2.45) is 0 Å². The average Bonchev–Trinajstić information content (AvgIpc) is 2.88. The van der Waals surface area contributed by atoms with E-state index in [1.807, 2.05) is 0 Å². The van der Waals surface area contributed by atoms with Crippen LogP contribution < -0.4 is 5.32 Å². The number of aromatic amines is 1. The van der Waals surface area contributed by atoms with Crippen molar-refractivity contribution < 1.29 is 0 Å². The van der Waals surface area contributed by atoms with E-state index >= 15 is 0 Å². The van der Waals surface area contributed by atoms with Crippen molar-refractivity contribution in [3.05, 3.63) is 68.8 Å². The van der Waals surface area contributed by atoms with Crippen LogP contribution in [0.3, 0.4) is 0 Å². The number of hydrogen-bond acceptors (Lipinski definition) is 1. The third-order valence-electron chi connectivity index (χ3n) is 4.66. The smallest absolute Gasteiger partial charge is 0.0735 e. The molecule has 1 aliphatic heterocycles. The lowest BCUT2D eigenvalue weighted by Gasteiger charge is -2.26. The third kappa shape index (κ3) is 2.20. The molecule has 1 unspecified atom stereocenters. The monoisotopic (exact) mass is 354 g/mol. The van der Waals surface area contributed by atoms with Crippen LogP contribution in [-0.4, -0.2) is 11.5 Å². The van der Waals surface area contributed by atoms with Gasteiger partial charge in [-0.05, 0) is 55.2 Å². The first-order chi connectivity index (χ1) is 10.6. The minimum absolute atomic E-state index is 0.259. The van der Waals surface area contributed by atoms with Crippen molar-refractivity contribution >= 4 is 26.8 Å². The van der Waals surface area contributed by atoms with E-state index in [2.05, 4.69) is 76.5 Å². The second-order valence-electron chi connectivity index (χ2n) is 6.20. The molecular weight excluding hydrogens is 336 g/mol. The molecule has 1 aromatic heterocycles. The number of fused-ring (bicyclic) bond motifs is 3. The molecule has 0 saturated carbocycles. The molecule has 112 valence electrons. The van der Waals surface area contributed by atoms with Crippen molar-refractivity contribution in [1.29, 1.82) is 0 Å². The zero-order chi connectivity index (χ0) is 15.3. The van der Waals surface area contributed by atoms with Gasteiger partial charge in [0, 0.05) is 27.6 Å². The SMILES string of the molecule is Cc1ccc(C)c(C2NCCc3c2[nH]c2ccc(Br)cc32)c1. The quantitative estimate of drug-likeness (QED) is 0.646. The van der Waals surface area contributed by atoms with Gasteiger partial charge in [-0.15, -0.1) is 0 Å². The average molecular weight is 355 g/mol. The maximum atomic E-state index is 3.69. The molecule has 0 amide bonds. The van der Waals surface area contributed by atoms with Crippen molar-refractivity contribution in [1.82, 2.24) is 10.3 Å². The topological polar surface area (TPSA) is 27.8 Å². The molecular formula is C19H19BrN2. The normalized spacial score (nSPS) is 17.7. The first kappa shape index (κ1) is 14.0. The molecule has 2 nitrogen and oxygen atoms in total. The number of benzene rings is 2. The first-order valence-electron chi connectivity index (χ1n) is 7.74. The fraction of sp³-hybridized carbons (Fsp3) is 0.263. The molecule has 4 rings (SSSR count). The van der Waals surface area contributed by atoms with Gasteiger partial charge in [-0.1, -0.05) is 39.7 Å². The van der Waals surface area contributed by atoms with E-state index < -0.39 is 0 Å². The van der Waals surface area contributed by atoms with Crippen LogP contribution >= 0.6 is 15.9 Å². The highest BCUT2D eigenvalue weighted by molar-refractivity contribution is 9.10. The molecule has 3 heteroatoms. The Kier molecular flexibility index (Phi) is 3.35. The fourth-order valence-corrected chi connectivity index (χ4v) is 3.90. The molecule has 0 saturated heterocycles. The van der Waals surface area contributed by atoms with E-state index in [0.29, 0.717) is 0 Å². The second-order valence-corrected chi connectivity index (χ2v) is 7.12. The Labute approximate surface area is 139 Å². The molecule has 2 N–H and O–H groups in total. The Balaban J connectivity index is 1.92. The second kappa shape index (κ2) is 5.25. The summed E-state index contributed by atoms with van der Waals surface area (Å²) in [6, 6.07) is 13.5. The summed E-state index contributed by atoms with van der Waals surface area (Å²) in [6.45, 7) is 5.38. The molecule has 1 atom stereocenters.